The van der Waals surface area contributed by atoms with Gasteiger partial charge in [0.05, 0.1) is 12.0 Å². The first kappa shape index (κ1) is 15.7. The summed E-state index contributed by atoms with van der Waals surface area (Å²) < 4.78 is 5.33. The lowest BCUT2D eigenvalue weighted by molar-refractivity contribution is -0.156. The Morgan fingerprint density at radius 1 is 1.16 bits per heavy atom. The van der Waals surface area contributed by atoms with Gasteiger partial charge in [0.1, 0.15) is 0 Å². The van der Waals surface area contributed by atoms with Crippen LogP contribution in [0.5, 0.6) is 0 Å². The number of ether oxygens (including phenoxy) is 1. The van der Waals surface area contributed by atoms with Crippen molar-refractivity contribution >= 4 is 5.97 Å². The summed E-state index contributed by atoms with van der Waals surface area (Å²) in [6.07, 6.45) is 4.70. The van der Waals surface area contributed by atoms with E-state index >= 15 is 0 Å². The first-order valence-electron chi connectivity index (χ1n) is 7.39. The summed E-state index contributed by atoms with van der Waals surface area (Å²) in [7, 11) is 0. The monoisotopic (exact) mass is 262 g/mol. The quantitative estimate of drug-likeness (QED) is 0.650. The predicted octanol–water partition coefficient (Wildman–Crippen LogP) is 4.38. The van der Waals surface area contributed by atoms with Gasteiger partial charge in [-0.05, 0) is 31.7 Å². The maximum atomic E-state index is 12.4. The van der Waals surface area contributed by atoms with Crippen LogP contribution in [0.4, 0.5) is 0 Å². The van der Waals surface area contributed by atoms with Crippen LogP contribution in [0.2, 0.25) is 0 Å². The van der Waals surface area contributed by atoms with Crippen LogP contribution in [0, 0.1) is 5.41 Å². The maximum absolute atomic E-state index is 12.4. The van der Waals surface area contributed by atoms with Crippen LogP contribution in [-0.2, 0) is 16.0 Å². The van der Waals surface area contributed by atoms with Gasteiger partial charge in [-0.1, -0.05) is 57.0 Å². The van der Waals surface area contributed by atoms with Gasteiger partial charge in [0.2, 0.25) is 0 Å². The summed E-state index contributed by atoms with van der Waals surface area (Å²) in [4.78, 5) is 12.4. The molecule has 1 atom stereocenters. The standard InChI is InChI=1S/C17H26O2/c1-4-7-13-17(5-2,16(18)19-6-3)14-15-11-9-8-10-12-15/h8-12H,4-7,13-14H2,1-3H3/t17-/m0/s1. The molecular formula is C17H26O2. The van der Waals surface area contributed by atoms with Gasteiger partial charge in [0, 0.05) is 0 Å². The lowest BCUT2D eigenvalue weighted by Gasteiger charge is -2.30. The van der Waals surface area contributed by atoms with Gasteiger partial charge in [-0.3, -0.25) is 4.79 Å². The van der Waals surface area contributed by atoms with Crippen molar-refractivity contribution in [3.63, 3.8) is 0 Å². The number of benzene rings is 1. The number of carbonyl (C=O) groups excluding carboxylic acids is 1. The molecule has 0 spiro atoms. The highest BCUT2D eigenvalue weighted by molar-refractivity contribution is 5.77. The molecule has 106 valence electrons. The Hall–Kier alpha value is -1.31. The zero-order chi connectivity index (χ0) is 14.1. The molecule has 0 fully saturated rings. The topological polar surface area (TPSA) is 26.3 Å². The Kier molecular flexibility index (Phi) is 6.61. The summed E-state index contributed by atoms with van der Waals surface area (Å²) in [5.41, 5.74) is 0.862. The van der Waals surface area contributed by atoms with Gasteiger partial charge in [-0.25, -0.2) is 0 Å². The third-order valence-electron chi connectivity index (χ3n) is 3.78. The van der Waals surface area contributed by atoms with E-state index in [0.717, 1.165) is 32.1 Å². The van der Waals surface area contributed by atoms with Crippen molar-refractivity contribution in [3.05, 3.63) is 35.9 Å². The van der Waals surface area contributed by atoms with Crippen LogP contribution in [0.15, 0.2) is 30.3 Å². The van der Waals surface area contributed by atoms with E-state index in [1.54, 1.807) is 0 Å². The Morgan fingerprint density at radius 2 is 1.84 bits per heavy atom. The number of hydrogen-bond donors (Lipinski definition) is 0. The summed E-state index contributed by atoms with van der Waals surface area (Å²) >= 11 is 0. The van der Waals surface area contributed by atoms with E-state index in [1.807, 2.05) is 25.1 Å². The molecular weight excluding hydrogens is 236 g/mol. The predicted molar refractivity (Wildman–Crippen MR) is 79.0 cm³/mol. The number of esters is 1. The van der Waals surface area contributed by atoms with Crippen molar-refractivity contribution in [1.82, 2.24) is 0 Å². The summed E-state index contributed by atoms with van der Waals surface area (Å²) in [5.74, 6) is -0.0326. The molecule has 0 heterocycles. The first-order valence-corrected chi connectivity index (χ1v) is 7.39. The van der Waals surface area contributed by atoms with E-state index in [1.165, 1.54) is 5.56 Å². The highest BCUT2D eigenvalue weighted by Gasteiger charge is 2.37. The summed E-state index contributed by atoms with van der Waals surface area (Å²) in [6.45, 7) is 6.59. The molecule has 0 saturated heterocycles. The van der Waals surface area contributed by atoms with Gasteiger partial charge in [-0.2, -0.15) is 0 Å². The highest BCUT2D eigenvalue weighted by atomic mass is 16.5. The van der Waals surface area contributed by atoms with Crippen molar-refractivity contribution in [1.29, 1.82) is 0 Å². The zero-order valence-corrected chi connectivity index (χ0v) is 12.4. The van der Waals surface area contributed by atoms with E-state index in [-0.39, 0.29) is 11.4 Å². The molecule has 0 aliphatic carbocycles. The maximum Gasteiger partial charge on any atom is 0.312 e. The third kappa shape index (κ3) is 4.38. The van der Waals surface area contributed by atoms with Crippen LogP contribution in [0.3, 0.4) is 0 Å². The Balaban J connectivity index is 2.91. The molecule has 0 amide bonds. The average Bonchev–Trinajstić information content (AvgIpc) is 2.45. The molecule has 0 aromatic heterocycles. The van der Waals surface area contributed by atoms with E-state index in [0.29, 0.717) is 6.61 Å². The largest absolute Gasteiger partial charge is 0.466 e. The number of rotatable bonds is 8. The second kappa shape index (κ2) is 7.98. The molecule has 0 saturated carbocycles. The van der Waals surface area contributed by atoms with Crippen molar-refractivity contribution in [2.45, 2.75) is 52.9 Å². The minimum absolute atomic E-state index is 0.0326. The van der Waals surface area contributed by atoms with Crippen molar-refractivity contribution in [2.24, 2.45) is 5.41 Å². The molecule has 2 nitrogen and oxygen atoms in total. The minimum Gasteiger partial charge on any atom is -0.466 e. The molecule has 2 heteroatoms. The fourth-order valence-electron chi connectivity index (χ4n) is 2.49. The third-order valence-corrected chi connectivity index (χ3v) is 3.78. The lowest BCUT2D eigenvalue weighted by Crippen LogP contribution is -2.35. The fraction of sp³-hybridized carbons (Fsp3) is 0.588. The summed E-state index contributed by atoms with van der Waals surface area (Å²) in [5, 5.41) is 0. The van der Waals surface area contributed by atoms with Gasteiger partial charge >= 0.3 is 5.97 Å². The van der Waals surface area contributed by atoms with Gasteiger partial charge in [0.15, 0.2) is 0 Å². The molecule has 1 aromatic carbocycles. The average molecular weight is 262 g/mol. The molecule has 0 unspecified atom stereocenters. The first-order chi connectivity index (χ1) is 9.18. The van der Waals surface area contributed by atoms with Crippen LogP contribution >= 0.6 is 0 Å². The van der Waals surface area contributed by atoms with Crippen molar-refractivity contribution in [2.75, 3.05) is 6.61 Å². The van der Waals surface area contributed by atoms with Crippen molar-refractivity contribution < 1.29 is 9.53 Å². The van der Waals surface area contributed by atoms with Crippen LogP contribution in [-0.4, -0.2) is 12.6 Å². The Bertz CT molecular complexity index is 372. The lowest BCUT2D eigenvalue weighted by atomic mass is 9.75. The fourth-order valence-corrected chi connectivity index (χ4v) is 2.49. The van der Waals surface area contributed by atoms with Crippen LogP contribution < -0.4 is 0 Å². The smallest absolute Gasteiger partial charge is 0.312 e. The van der Waals surface area contributed by atoms with Crippen LogP contribution in [0.25, 0.3) is 0 Å². The minimum atomic E-state index is -0.354. The molecule has 19 heavy (non-hydrogen) atoms. The molecule has 0 radical (unpaired) electrons. The van der Waals surface area contributed by atoms with Gasteiger partial charge in [0.25, 0.3) is 0 Å². The molecule has 0 N–H and O–H groups in total. The number of carbonyl (C=O) groups is 1. The van der Waals surface area contributed by atoms with Crippen molar-refractivity contribution in [3.8, 4) is 0 Å². The number of hydrogen-bond acceptors (Lipinski definition) is 2. The normalized spacial score (nSPS) is 13.8. The van der Waals surface area contributed by atoms with E-state index in [2.05, 4.69) is 26.0 Å². The van der Waals surface area contributed by atoms with Gasteiger partial charge < -0.3 is 4.74 Å². The molecule has 0 bridgehead atoms. The second-order valence-electron chi connectivity index (χ2n) is 5.12. The van der Waals surface area contributed by atoms with Crippen LogP contribution in [0.1, 0.15) is 52.0 Å². The van der Waals surface area contributed by atoms with E-state index in [9.17, 15) is 4.79 Å². The van der Waals surface area contributed by atoms with E-state index < -0.39 is 0 Å². The molecule has 0 aliphatic rings. The highest BCUT2D eigenvalue weighted by Crippen LogP contribution is 2.34. The molecule has 1 aromatic rings. The zero-order valence-electron chi connectivity index (χ0n) is 12.4. The Labute approximate surface area is 117 Å². The molecule has 0 aliphatic heterocycles. The Morgan fingerprint density at radius 3 is 2.37 bits per heavy atom. The van der Waals surface area contributed by atoms with Gasteiger partial charge in [-0.15, -0.1) is 0 Å². The van der Waals surface area contributed by atoms with E-state index in [4.69, 9.17) is 4.74 Å². The SMILES string of the molecule is CCCC[C@@](CC)(Cc1ccccc1)C(=O)OCC. The second-order valence-corrected chi connectivity index (χ2v) is 5.12. The molecule has 1 rings (SSSR count). The summed E-state index contributed by atoms with van der Waals surface area (Å²) in [6, 6.07) is 10.3. The number of unbranched alkanes of at least 4 members (excludes halogenated alkanes) is 1.